The van der Waals surface area contributed by atoms with Crippen LogP contribution in [0.15, 0.2) is 65.5 Å². The topological polar surface area (TPSA) is 104 Å². The number of hydrogen-bond acceptors (Lipinski definition) is 5. The number of aryl methyl sites for hydroxylation is 1. The lowest BCUT2D eigenvalue weighted by Crippen LogP contribution is -2.32. The van der Waals surface area contributed by atoms with Crippen molar-refractivity contribution >= 4 is 22.9 Å². The average molecular weight is 455 g/mol. The Bertz CT molecular complexity index is 1190. The van der Waals surface area contributed by atoms with Crippen molar-refractivity contribution in [2.45, 2.75) is 20.1 Å². The monoisotopic (exact) mass is 454 g/mol. The smallest absolute Gasteiger partial charge is 0.271 e. The third-order valence-electron chi connectivity index (χ3n) is 4.95. The Balaban J connectivity index is 2.01. The van der Waals surface area contributed by atoms with Crippen LogP contribution in [0.25, 0.3) is 0 Å². The fraction of sp³-hybridized carbons (Fsp3) is 0.217. The van der Waals surface area contributed by atoms with Crippen LogP contribution in [0.4, 0.5) is 5.69 Å². The van der Waals surface area contributed by atoms with E-state index in [0.717, 1.165) is 15.4 Å². The molecule has 0 aliphatic heterocycles. The van der Waals surface area contributed by atoms with Crippen LogP contribution in [0.2, 0.25) is 0 Å². The van der Waals surface area contributed by atoms with Gasteiger partial charge in [-0.25, -0.2) is 0 Å². The van der Waals surface area contributed by atoms with Gasteiger partial charge in [0.25, 0.3) is 5.91 Å². The Morgan fingerprint density at radius 1 is 1.16 bits per heavy atom. The maximum absolute atomic E-state index is 12.9. The molecule has 0 saturated carbocycles. The van der Waals surface area contributed by atoms with Crippen molar-refractivity contribution in [3.8, 4) is 5.75 Å². The largest absolute Gasteiger partial charge is 0.755 e. The number of carbonyl (C=O) groups excluding carboxylic acids is 1. The van der Waals surface area contributed by atoms with Crippen molar-refractivity contribution in [1.82, 2.24) is 9.88 Å². The fourth-order valence-corrected chi connectivity index (χ4v) is 3.80. The molecule has 1 aromatic heterocycles. The molecule has 3 rings (SSSR count). The molecule has 0 aliphatic carbocycles. The van der Waals surface area contributed by atoms with Crippen LogP contribution in [0.5, 0.6) is 5.75 Å². The van der Waals surface area contributed by atoms with Crippen LogP contribution < -0.4 is 19.8 Å². The van der Waals surface area contributed by atoms with Crippen LogP contribution in [0, 0.1) is 6.92 Å². The number of rotatable bonds is 8. The number of pyridine rings is 1. The van der Waals surface area contributed by atoms with Crippen molar-refractivity contribution in [3.63, 3.8) is 0 Å². The quantitative estimate of drug-likeness (QED) is 0.527. The predicted molar refractivity (Wildman–Crippen MR) is 122 cm³/mol. The second kappa shape index (κ2) is 10.3. The number of carbonyl (C=O) groups is 1. The van der Waals surface area contributed by atoms with Gasteiger partial charge in [0.15, 0.2) is 11.4 Å². The van der Waals surface area contributed by atoms with Gasteiger partial charge in [0.05, 0.1) is 6.54 Å². The van der Waals surface area contributed by atoms with Crippen LogP contribution in [0.1, 0.15) is 27.3 Å². The van der Waals surface area contributed by atoms with Gasteiger partial charge in [-0.05, 0) is 30.2 Å². The highest BCUT2D eigenvalue weighted by Crippen LogP contribution is 2.22. The molecule has 1 unspecified atom stereocenters. The van der Waals surface area contributed by atoms with E-state index in [-0.39, 0.29) is 24.6 Å². The normalized spacial score (nSPS) is 11.6. The van der Waals surface area contributed by atoms with Gasteiger partial charge in [-0.3, -0.25) is 18.1 Å². The molecular weight excluding hydrogens is 430 g/mol. The number of ether oxygens (including phenoxy) is 1. The van der Waals surface area contributed by atoms with E-state index in [2.05, 4.69) is 5.32 Å². The number of amides is 1. The zero-order chi connectivity index (χ0) is 23.3. The van der Waals surface area contributed by atoms with Gasteiger partial charge < -0.3 is 19.2 Å². The predicted octanol–water partition coefficient (Wildman–Crippen LogP) is 2.43. The van der Waals surface area contributed by atoms with Crippen molar-refractivity contribution in [1.29, 1.82) is 0 Å². The second-order valence-electron chi connectivity index (χ2n) is 7.18. The molecule has 1 atom stereocenters. The molecule has 32 heavy (non-hydrogen) atoms. The maximum Gasteiger partial charge on any atom is 0.271 e. The summed E-state index contributed by atoms with van der Waals surface area (Å²) in [4.78, 5) is 25.5. The Hall–Kier alpha value is -3.43. The van der Waals surface area contributed by atoms with Crippen LogP contribution in [-0.2, 0) is 31.5 Å². The summed E-state index contributed by atoms with van der Waals surface area (Å²) in [6.07, 6.45) is 0. The van der Waals surface area contributed by atoms with E-state index in [1.54, 1.807) is 25.2 Å². The zero-order valence-corrected chi connectivity index (χ0v) is 18.8. The van der Waals surface area contributed by atoms with E-state index in [1.807, 2.05) is 43.3 Å². The number of benzene rings is 2. The Morgan fingerprint density at radius 2 is 1.88 bits per heavy atom. The van der Waals surface area contributed by atoms with E-state index in [1.165, 1.54) is 17.7 Å². The summed E-state index contributed by atoms with van der Waals surface area (Å²) >= 11 is -2.59. The van der Waals surface area contributed by atoms with E-state index in [0.29, 0.717) is 11.4 Å². The molecule has 3 aromatic rings. The Kier molecular flexibility index (Phi) is 7.45. The lowest BCUT2D eigenvalue weighted by atomic mass is 10.2. The fourth-order valence-electron chi connectivity index (χ4n) is 3.28. The number of nitrogens with zero attached hydrogens (tertiary/aromatic N) is 2. The lowest BCUT2D eigenvalue weighted by molar-refractivity contribution is 0.0948. The van der Waals surface area contributed by atoms with Gasteiger partial charge in [0.1, 0.15) is 6.61 Å². The average Bonchev–Trinajstić information content (AvgIpc) is 2.78. The van der Waals surface area contributed by atoms with Crippen LogP contribution in [0.3, 0.4) is 0 Å². The molecule has 168 valence electrons. The molecule has 9 heteroatoms. The van der Waals surface area contributed by atoms with E-state index >= 15 is 0 Å². The second-order valence-corrected chi connectivity index (χ2v) is 8.06. The standard InChI is InChI=1S/C23H25N3O5S/c1-16-8-7-11-18(12-16)26(32(29)30)14-19-13-20(27)22(21(25(19)3)23(28)24-2)31-15-17-9-5-4-6-10-17/h4-13H,14-15H2,1-3H3,(H,24,28)(H,29,30)/p-1. The molecular formula is C23H24N3O5S-. The molecule has 1 amide bonds. The first-order valence-electron chi connectivity index (χ1n) is 9.87. The highest BCUT2D eigenvalue weighted by Gasteiger charge is 2.22. The molecule has 0 saturated heterocycles. The first-order chi connectivity index (χ1) is 15.3. The van der Waals surface area contributed by atoms with Gasteiger partial charge in [-0.1, -0.05) is 42.5 Å². The summed E-state index contributed by atoms with van der Waals surface area (Å²) in [6.45, 7) is 1.83. The molecule has 2 aromatic carbocycles. The van der Waals surface area contributed by atoms with Gasteiger partial charge >= 0.3 is 0 Å². The summed E-state index contributed by atoms with van der Waals surface area (Å²) < 4.78 is 32.2. The van der Waals surface area contributed by atoms with Crippen LogP contribution in [-0.4, -0.2) is 26.3 Å². The van der Waals surface area contributed by atoms with Crippen molar-refractivity contribution < 1.29 is 18.3 Å². The minimum absolute atomic E-state index is 0.0202. The van der Waals surface area contributed by atoms with Crippen molar-refractivity contribution in [2.75, 3.05) is 11.4 Å². The summed E-state index contributed by atoms with van der Waals surface area (Å²) in [5.41, 5.74) is 2.04. The number of aromatic nitrogens is 1. The third kappa shape index (κ3) is 5.24. The minimum Gasteiger partial charge on any atom is -0.755 e. The van der Waals surface area contributed by atoms with Gasteiger partial charge in [0.2, 0.25) is 5.43 Å². The Morgan fingerprint density at radius 3 is 2.50 bits per heavy atom. The molecule has 1 heterocycles. The molecule has 0 bridgehead atoms. The zero-order valence-electron chi connectivity index (χ0n) is 18.0. The highest BCUT2D eigenvalue weighted by atomic mass is 32.2. The lowest BCUT2D eigenvalue weighted by Gasteiger charge is -2.28. The van der Waals surface area contributed by atoms with Gasteiger partial charge in [-0.2, -0.15) is 0 Å². The molecule has 8 nitrogen and oxygen atoms in total. The van der Waals surface area contributed by atoms with Crippen LogP contribution >= 0.6 is 0 Å². The SMILES string of the molecule is CNC(=O)c1c(OCc2ccccc2)c(=O)cc(CN(c2cccc(C)c2)S(=O)[O-])n1C. The Labute approximate surface area is 188 Å². The summed E-state index contributed by atoms with van der Waals surface area (Å²) in [5.74, 6) is -0.607. The molecule has 1 N–H and O–H groups in total. The molecule has 0 aliphatic rings. The molecule has 0 fully saturated rings. The van der Waals surface area contributed by atoms with Crippen molar-refractivity contribution in [2.24, 2.45) is 7.05 Å². The summed E-state index contributed by atoms with van der Waals surface area (Å²) in [5, 5.41) is 2.52. The maximum atomic E-state index is 12.9. The minimum atomic E-state index is -2.59. The summed E-state index contributed by atoms with van der Waals surface area (Å²) in [6, 6.07) is 17.6. The number of anilines is 1. The molecule has 0 spiro atoms. The van der Waals surface area contributed by atoms with Crippen molar-refractivity contribution in [3.05, 3.63) is 93.4 Å². The van der Waals surface area contributed by atoms with E-state index in [4.69, 9.17) is 4.74 Å². The van der Waals surface area contributed by atoms with Gasteiger partial charge in [-0.15, -0.1) is 0 Å². The van der Waals surface area contributed by atoms with Gasteiger partial charge in [0, 0.05) is 42.8 Å². The summed E-state index contributed by atoms with van der Waals surface area (Å²) in [7, 11) is 3.04. The highest BCUT2D eigenvalue weighted by molar-refractivity contribution is 7.80. The van der Waals surface area contributed by atoms with E-state index in [9.17, 15) is 18.4 Å². The number of hydrogen-bond donors (Lipinski definition) is 1. The molecule has 0 radical (unpaired) electrons. The number of nitrogens with one attached hydrogen (secondary N) is 1. The third-order valence-corrected chi connectivity index (χ3v) is 5.65. The van der Waals surface area contributed by atoms with E-state index < -0.39 is 22.6 Å². The first kappa shape index (κ1) is 23.2. The first-order valence-corrected chi connectivity index (χ1v) is 10.9.